The van der Waals surface area contributed by atoms with Crippen molar-refractivity contribution in [2.45, 2.75) is 35.7 Å². The molecular weight excluding hydrogens is 395 g/mol. The maximum absolute atomic E-state index is 12.8. The first kappa shape index (κ1) is 15.0. The normalized spacial score (nSPS) is 47.9. The van der Waals surface area contributed by atoms with E-state index >= 15 is 0 Å². The van der Waals surface area contributed by atoms with Crippen LogP contribution in [-0.4, -0.2) is 22.7 Å². The maximum Gasteiger partial charge on any atom is 0.311 e. The zero-order valence-corrected chi connectivity index (χ0v) is 14.8. The lowest BCUT2D eigenvalue weighted by molar-refractivity contribution is -0.166. The van der Waals surface area contributed by atoms with E-state index in [2.05, 4.69) is 34.7 Å². The molecule has 3 fully saturated rings. The minimum atomic E-state index is -0.355. The van der Waals surface area contributed by atoms with Crippen LogP contribution in [0, 0.1) is 35.5 Å². The van der Waals surface area contributed by atoms with E-state index < -0.39 is 0 Å². The van der Waals surface area contributed by atoms with E-state index in [9.17, 15) is 9.59 Å². The number of halogens is 1. The number of methoxy groups -OCH3 is 1. The van der Waals surface area contributed by atoms with Crippen molar-refractivity contribution >= 4 is 34.5 Å². The Labute approximate surface area is 144 Å². The predicted molar refractivity (Wildman–Crippen MR) is 88.0 cm³/mol. The second-order valence-corrected chi connectivity index (χ2v) is 9.14. The minimum absolute atomic E-state index is 0.139. The molecule has 7 unspecified atom stereocenters. The Kier molecular flexibility index (Phi) is 3.55. The molecule has 0 heterocycles. The van der Waals surface area contributed by atoms with Crippen LogP contribution in [0.3, 0.4) is 0 Å². The van der Waals surface area contributed by atoms with Crippen molar-refractivity contribution < 1.29 is 19.1 Å². The van der Waals surface area contributed by atoms with Crippen LogP contribution in [0.1, 0.15) is 32.1 Å². The number of carbonyl (C=O) groups excluding carboxylic acids is 2. The number of ether oxygens (including phenoxy) is 2. The van der Waals surface area contributed by atoms with Gasteiger partial charge < -0.3 is 9.47 Å². The predicted octanol–water partition coefficient (Wildman–Crippen LogP) is 3.09. The molecule has 0 N–H and O–H groups in total. The molecule has 7 atom stereocenters. The summed E-state index contributed by atoms with van der Waals surface area (Å²) in [5, 5.41) is 0. The quantitative estimate of drug-likeness (QED) is 0.307. The number of carbonyl (C=O) groups is 2. The van der Waals surface area contributed by atoms with Crippen LogP contribution in [0.4, 0.5) is 0 Å². The third kappa shape index (κ3) is 2.14. The van der Waals surface area contributed by atoms with Gasteiger partial charge in [0.05, 0.1) is 18.9 Å². The van der Waals surface area contributed by atoms with Gasteiger partial charge in [-0.15, -0.1) is 0 Å². The van der Waals surface area contributed by atoms with Gasteiger partial charge in [0.25, 0.3) is 0 Å². The zero-order chi connectivity index (χ0) is 15.5. The summed E-state index contributed by atoms with van der Waals surface area (Å²) < 4.78 is 10.6. The monoisotopic (exact) mass is 416 g/mol. The van der Waals surface area contributed by atoms with E-state index in [-0.39, 0.29) is 39.2 Å². The number of hydrogen-bond donors (Lipinski definition) is 0. The van der Waals surface area contributed by atoms with Gasteiger partial charge in [0.2, 0.25) is 0 Å². The minimum Gasteiger partial charge on any atom is -0.469 e. The topological polar surface area (TPSA) is 52.6 Å². The molecule has 0 aromatic heterocycles. The molecule has 120 valence electrons. The SMILES string of the molecule is COC(=O)C1C2C=CC(C2)C1C(=O)OC1(I)CC2CCC1C2. The third-order valence-corrected chi connectivity index (χ3v) is 7.73. The second kappa shape index (κ2) is 5.21. The van der Waals surface area contributed by atoms with Crippen LogP contribution >= 0.6 is 22.6 Å². The lowest BCUT2D eigenvalue weighted by Crippen LogP contribution is -2.41. The van der Waals surface area contributed by atoms with E-state index in [0.717, 1.165) is 19.3 Å². The summed E-state index contributed by atoms with van der Waals surface area (Å²) in [5.74, 6) is 0.321. The Morgan fingerprint density at radius 2 is 1.77 bits per heavy atom. The fourth-order valence-electron chi connectivity index (χ4n) is 5.17. The molecule has 4 rings (SSSR count). The summed E-state index contributed by atoms with van der Waals surface area (Å²) in [5.41, 5.74) is 0. The fourth-order valence-corrected chi connectivity index (χ4v) is 6.58. The van der Waals surface area contributed by atoms with Crippen molar-refractivity contribution in [3.05, 3.63) is 12.2 Å². The van der Waals surface area contributed by atoms with Crippen LogP contribution < -0.4 is 0 Å². The Morgan fingerprint density at radius 1 is 1.09 bits per heavy atom. The van der Waals surface area contributed by atoms with E-state index in [4.69, 9.17) is 9.47 Å². The van der Waals surface area contributed by atoms with Crippen LogP contribution in [0.25, 0.3) is 0 Å². The van der Waals surface area contributed by atoms with Gasteiger partial charge >= 0.3 is 11.9 Å². The molecule has 5 heteroatoms. The molecule has 0 saturated heterocycles. The zero-order valence-electron chi connectivity index (χ0n) is 12.7. The number of rotatable bonds is 3. The van der Waals surface area contributed by atoms with E-state index in [1.807, 2.05) is 0 Å². The highest BCUT2D eigenvalue weighted by atomic mass is 127. The number of alkyl halides is 1. The number of esters is 2. The van der Waals surface area contributed by atoms with Crippen molar-refractivity contribution in [3.8, 4) is 0 Å². The average Bonchev–Trinajstić information content (AvgIpc) is 3.23. The highest BCUT2D eigenvalue weighted by molar-refractivity contribution is 14.1. The van der Waals surface area contributed by atoms with Gasteiger partial charge in [-0.3, -0.25) is 9.59 Å². The van der Waals surface area contributed by atoms with Gasteiger partial charge in [0.1, 0.15) is 0 Å². The van der Waals surface area contributed by atoms with Gasteiger partial charge in [-0.1, -0.05) is 12.2 Å². The lowest BCUT2D eigenvalue weighted by Gasteiger charge is -2.34. The molecule has 4 bridgehead atoms. The summed E-state index contributed by atoms with van der Waals surface area (Å²) in [4.78, 5) is 24.9. The average molecular weight is 416 g/mol. The maximum atomic E-state index is 12.8. The Morgan fingerprint density at radius 3 is 2.32 bits per heavy atom. The van der Waals surface area contributed by atoms with Crippen LogP contribution in [-0.2, 0) is 19.1 Å². The Balaban J connectivity index is 1.52. The lowest BCUT2D eigenvalue weighted by atomic mass is 9.83. The number of fused-ring (bicyclic) bond motifs is 4. The highest BCUT2D eigenvalue weighted by Crippen LogP contribution is 2.57. The van der Waals surface area contributed by atoms with Crippen molar-refractivity contribution in [2.75, 3.05) is 7.11 Å². The van der Waals surface area contributed by atoms with Gasteiger partial charge in [-0.25, -0.2) is 0 Å². The molecule has 0 amide bonds. The molecule has 3 saturated carbocycles. The van der Waals surface area contributed by atoms with Crippen LogP contribution in [0.5, 0.6) is 0 Å². The summed E-state index contributed by atoms with van der Waals surface area (Å²) in [6, 6.07) is 0. The number of allylic oxidation sites excluding steroid dienone is 2. The van der Waals surface area contributed by atoms with E-state index in [1.165, 1.54) is 20.0 Å². The first-order valence-electron chi connectivity index (χ1n) is 8.20. The molecule has 4 aliphatic carbocycles. The smallest absolute Gasteiger partial charge is 0.311 e. The third-order valence-electron chi connectivity index (χ3n) is 6.19. The van der Waals surface area contributed by atoms with Gasteiger partial charge in [0, 0.05) is 5.92 Å². The van der Waals surface area contributed by atoms with Gasteiger partial charge in [-0.05, 0) is 72.4 Å². The molecule has 0 radical (unpaired) electrons. The summed E-state index contributed by atoms with van der Waals surface area (Å²) in [6.07, 6.45) is 9.62. The van der Waals surface area contributed by atoms with Crippen molar-refractivity contribution in [1.29, 1.82) is 0 Å². The highest BCUT2D eigenvalue weighted by Gasteiger charge is 2.57. The number of hydrogen-bond acceptors (Lipinski definition) is 4. The van der Waals surface area contributed by atoms with Crippen LogP contribution in [0.15, 0.2) is 12.2 Å². The summed E-state index contributed by atoms with van der Waals surface area (Å²) in [6.45, 7) is 0. The Bertz CT molecular complexity index is 545. The molecule has 4 aliphatic rings. The standard InChI is InChI=1S/C17H21IO4/c1-21-15(19)13-10-3-4-11(7-10)14(13)16(20)22-17(18)8-9-2-5-12(17)6-9/h3-4,9-14H,2,5-8H2,1H3. The first-order chi connectivity index (χ1) is 10.5. The Hall–Kier alpha value is -0.590. The van der Waals surface area contributed by atoms with Crippen molar-refractivity contribution in [1.82, 2.24) is 0 Å². The van der Waals surface area contributed by atoms with Gasteiger partial charge in [0.15, 0.2) is 3.61 Å². The summed E-state index contributed by atoms with van der Waals surface area (Å²) in [7, 11) is 1.40. The van der Waals surface area contributed by atoms with Crippen molar-refractivity contribution in [2.24, 2.45) is 35.5 Å². The molecular formula is C17H21IO4. The molecule has 0 spiro atoms. The van der Waals surface area contributed by atoms with Crippen molar-refractivity contribution in [3.63, 3.8) is 0 Å². The fraction of sp³-hybridized carbons (Fsp3) is 0.765. The molecule has 0 aromatic carbocycles. The molecule has 4 nitrogen and oxygen atoms in total. The first-order valence-corrected chi connectivity index (χ1v) is 9.27. The molecule has 0 aliphatic heterocycles. The molecule has 0 aromatic rings. The molecule has 22 heavy (non-hydrogen) atoms. The van der Waals surface area contributed by atoms with Crippen LogP contribution in [0.2, 0.25) is 0 Å². The van der Waals surface area contributed by atoms with E-state index in [1.54, 1.807) is 0 Å². The summed E-state index contributed by atoms with van der Waals surface area (Å²) >= 11 is 2.35. The van der Waals surface area contributed by atoms with E-state index in [0.29, 0.717) is 11.8 Å². The largest absolute Gasteiger partial charge is 0.469 e. The second-order valence-electron chi connectivity index (χ2n) is 7.31. The van der Waals surface area contributed by atoms with Gasteiger partial charge in [-0.2, -0.15) is 0 Å².